The molecule has 0 bridgehead atoms. The van der Waals surface area contributed by atoms with E-state index in [-0.39, 0.29) is 18.8 Å². The molecule has 35 heavy (non-hydrogen) atoms. The molecule has 6 nitrogen and oxygen atoms in total. The Kier molecular flexibility index (Phi) is 9.25. The van der Waals surface area contributed by atoms with Crippen LogP contribution >= 0.6 is 0 Å². The van der Waals surface area contributed by atoms with Gasteiger partial charge in [0.05, 0.1) is 6.42 Å². The monoisotopic (exact) mass is 486 g/mol. The standard InChI is InChI=1S/C26H25F3N2O4/c27-26(28,29)35-24-11-9-23(10-12-24)22-7-5-21(6-8-22)18-34-31-16-13-19-1-3-20(4-2-19)17-30-15-14-25(32)33/h1-12,16,30H,13-15,17-18H2,(H,32,33). The molecule has 0 fully saturated rings. The number of oxime groups is 1. The Bertz CT molecular complexity index is 1100. The molecular formula is C26H25F3N2O4. The second kappa shape index (κ2) is 12.6. The van der Waals surface area contributed by atoms with Crippen LogP contribution in [0.4, 0.5) is 13.2 Å². The average molecular weight is 486 g/mol. The van der Waals surface area contributed by atoms with Crippen LogP contribution in [0.3, 0.4) is 0 Å². The van der Waals surface area contributed by atoms with Gasteiger partial charge in [0.25, 0.3) is 0 Å². The topological polar surface area (TPSA) is 80.2 Å². The van der Waals surface area contributed by atoms with Gasteiger partial charge in [-0.3, -0.25) is 4.79 Å². The Hall–Kier alpha value is -3.85. The van der Waals surface area contributed by atoms with Gasteiger partial charge in [0.15, 0.2) is 0 Å². The van der Waals surface area contributed by atoms with Crippen LogP contribution in [-0.2, 0) is 29.2 Å². The first-order chi connectivity index (χ1) is 16.8. The number of hydrogen-bond donors (Lipinski definition) is 2. The maximum absolute atomic E-state index is 12.3. The molecule has 0 heterocycles. The van der Waals surface area contributed by atoms with Crippen molar-refractivity contribution in [3.63, 3.8) is 0 Å². The molecule has 0 aliphatic rings. The van der Waals surface area contributed by atoms with E-state index < -0.39 is 12.3 Å². The quantitative estimate of drug-likeness (QED) is 0.199. The van der Waals surface area contributed by atoms with Crippen LogP contribution in [0.15, 0.2) is 78.0 Å². The van der Waals surface area contributed by atoms with Gasteiger partial charge in [0.2, 0.25) is 0 Å². The molecule has 184 valence electrons. The lowest BCUT2D eigenvalue weighted by Crippen LogP contribution is -2.17. The molecule has 0 radical (unpaired) electrons. The van der Waals surface area contributed by atoms with E-state index in [1.807, 2.05) is 48.5 Å². The molecule has 0 amide bonds. The van der Waals surface area contributed by atoms with Crippen molar-refractivity contribution in [2.24, 2.45) is 5.16 Å². The number of carboxylic acid groups (broad SMARTS) is 1. The fraction of sp³-hybridized carbons (Fsp3) is 0.231. The van der Waals surface area contributed by atoms with Crippen molar-refractivity contribution in [1.82, 2.24) is 5.32 Å². The molecule has 3 aromatic rings. The summed E-state index contributed by atoms with van der Waals surface area (Å²) in [5.41, 5.74) is 4.68. The second-order valence-electron chi connectivity index (χ2n) is 7.67. The number of aliphatic carboxylic acids is 1. The minimum Gasteiger partial charge on any atom is -0.481 e. The summed E-state index contributed by atoms with van der Waals surface area (Å²) in [4.78, 5) is 15.8. The molecule has 0 spiro atoms. The molecular weight excluding hydrogens is 461 g/mol. The predicted octanol–water partition coefficient (Wildman–Crippen LogP) is 5.56. The Morgan fingerprint density at radius 2 is 1.46 bits per heavy atom. The van der Waals surface area contributed by atoms with Crippen LogP contribution in [0.5, 0.6) is 5.75 Å². The van der Waals surface area contributed by atoms with Gasteiger partial charge in [-0.15, -0.1) is 13.2 Å². The van der Waals surface area contributed by atoms with Crippen molar-refractivity contribution in [3.8, 4) is 16.9 Å². The largest absolute Gasteiger partial charge is 0.573 e. The summed E-state index contributed by atoms with van der Waals surface area (Å²) < 4.78 is 40.7. The summed E-state index contributed by atoms with van der Waals surface area (Å²) in [7, 11) is 0. The minimum absolute atomic E-state index is 0.0939. The highest BCUT2D eigenvalue weighted by Gasteiger charge is 2.30. The second-order valence-corrected chi connectivity index (χ2v) is 7.67. The predicted molar refractivity (Wildman–Crippen MR) is 126 cm³/mol. The smallest absolute Gasteiger partial charge is 0.481 e. The molecule has 0 aromatic heterocycles. The van der Waals surface area contributed by atoms with E-state index in [9.17, 15) is 18.0 Å². The molecule has 3 rings (SSSR count). The molecule has 0 saturated carbocycles. The number of halogens is 3. The van der Waals surface area contributed by atoms with E-state index in [0.29, 0.717) is 19.5 Å². The molecule has 0 aliphatic heterocycles. The van der Waals surface area contributed by atoms with Gasteiger partial charge in [-0.2, -0.15) is 0 Å². The van der Waals surface area contributed by atoms with Crippen molar-refractivity contribution in [3.05, 3.63) is 89.5 Å². The number of rotatable bonds is 12. The highest BCUT2D eigenvalue weighted by Crippen LogP contribution is 2.26. The summed E-state index contributed by atoms with van der Waals surface area (Å²) in [6, 6.07) is 21.1. The molecule has 0 unspecified atom stereocenters. The zero-order valence-corrected chi connectivity index (χ0v) is 18.8. The minimum atomic E-state index is -4.71. The fourth-order valence-electron chi connectivity index (χ4n) is 3.17. The van der Waals surface area contributed by atoms with Gasteiger partial charge in [-0.25, -0.2) is 0 Å². The number of alkyl halides is 3. The number of ether oxygens (including phenoxy) is 1. The van der Waals surface area contributed by atoms with Crippen molar-refractivity contribution in [2.75, 3.05) is 6.54 Å². The summed E-state index contributed by atoms with van der Waals surface area (Å²) >= 11 is 0. The third-order valence-electron chi connectivity index (χ3n) is 4.95. The lowest BCUT2D eigenvalue weighted by Gasteiger charge is -2.09. The van der Waals surface area contributed by atoms with E-state index in [1.54, 1.807) is 18.3 Å². The zero-order valence-electron chi connectivity index (χ0n) is 18.8. The normalized spacial score (nSPS) is 11.5. The number of hydrogen-bond acceptors (Lipinski definition) is 5. The fourth-order valence-corrected chi connectivity index (χ4v) is 3.17. The third kappa shape index (κ3) is 9.50. The molecule has 0 saturated heterocycles. The Balaban J connectivity index is 1.39. The van der Waals surface area contributed by atoms with Crippen LogP contribution in [-0.4, -0.2) is 30.2 Å². The molecule has 0 atom stereocenters. The highest BCUT2D eigenvalue weighted by atomic mass is 19.4. The van der Waals surface area contributed by atoms with E-state index in [2.05, 4.69) is 15.2 Å². The average Bonchev–Trinajstić information content (AvgIpc) is 2.82. The van der Waals surface area contributed by atoms with E-state index in [1.165, 1.54) is 12.1 Å². The van der Waals surface area contributed by atoms with Gasteiger partial charge < -0.3 is 20.0 Å². The molecule has 9 heteroatoms. The lowest BCUT2D eigenvalue weighted by atomic mass is 10.0. The van der Waals surface area contributed by atoms with Gasteiger partial charge >= 0.3 is 12.3 Å². The first kappa shape index (κ1) is 25.8. The third-order valence-corrected chi connectivity index (χ3v) is 4.95. The summed E-state index contributed by atoms with van der Waals surface area (Å²) in [5, 5.41) is 15.7. The van der Waals surface area contributed by atoms with Gasteiger partial charge in [0, 0.05) is 25.7 Å². The zero-order chi connectivity index (χ0) is 25.1. The maximum atomic E-state index is 12.3. The first-order valence-corrected chi connectivity index (χ1v) is 10.9. The van der Waals surface area contributed by atoms with Crippen molar-refractivity contribution in [2.45, 2.75) is 32.4 Å². The van der Waals surface area contributed by atoms with Crippen molar-refractivity contribution in [1.29, 1.82) is 0 Å². The SMILES string of the molecule is O=C(O)CCNCc1ccc(CC=NOCc2ccc(-c3ccc(OC(F)(F)F)cc3)cc2)cc1. The maximum Gasteiger partial charge on any atom is 0.573 e. The number of nitrogens with one attached hydrogen (secondary N) is 1. The summed E-state index contributed by atoms with van der Waals surface area (Å²) in [6.45, 7) is 1.33. The number of carboxylic acids is 1. The van der Waals surface area contributed by atoms with Crippen molar-refractivity contribution < 1.29 is 32.6 Å². The van der Waals surface area contributed by atoms with Crippen LogP contribution in [0.25, 0.3) is 11.1 Å². The van der Waals surface area contributed by atoms with E-state index in [4.69, 9.17) is 9.94 Å². The Morgan fingerprint density at radius 3 is 2.06 bits per heavy atom. The number of carbonyl (C=O) groups is 1. The highest BCUT2D eigenvalue weighted by molar-refractivity contribution is 5.67. The Labute approximate surface area is 201 Å². The molecule has 3 aromatic carbocycles. The van der Waals surface area contributed by atoms with Crippen molar-refractivity contribution >= 4 is 12.2 Å². The number of nitrogens with zero attached hydrogens (tertiary/aromatic N) is 1. The van der Waals surface area contributed by atoms with E-state index >= 15 is 0 Å². The van der Waals surface area contributed by atoms with Crippen LogP contribution in [0, 0.1) is 0 Å². The van der Waals surface area contributed by atoms with Gasteiger partial charge in [-0.1, -0.05) is 65.8 Å². The summed E-state index contributed by atoms with van der Waals surface area (Å²) in [6.07, 6.45) is -2.32. The van der Waals surface area contributed by atoms with Gasteiger partial charge in [-0.05, 0) is 39.9 Å². The van der Waals surface area contributed by atoms with Crippen LogP contribution in [0.2, 0.25) is 0 Å². The van der Waals surface area contributed by atoms with Gasteiger partial charge in [0.1, 0.15) is 12.4 Å². The first-order valence-electron chi connectivity index (χ1n) is 10.9. The lowest BCUT2D eigenvalue weighted by molar-refractivity contribution is -0.274. The van der Waals surface area contributed by atoms with Crippen LogP contribution < -0.4 is 10.1 Å². The molecule has 2 N–H and O–H groups in total. The number of benzene rings is 3. The van der Waals surface area contributed by atoms with E-state index in [0.717, 1.165) is 27.8 Å². The van der Waals surface area contributed by atoms with Crippen LogP contribution in [0.1, 0.15) is 23.1 Å². The molecule has 0 aliphatic carbocycles. The Morgan fingerprint density at radius 1 is 0.886 bits per heavy atom. The summed E-state index contributed by atoms with van der Waals surface area (Å²) in [5.74, 6) is -1.08.